The second-order valence-electron chi connectivity index (χ2n) is 3.96. The summed E-state index contributed by atoms with van der Waals surface area (Å²) in [5.41, 5.74) is 1.83. The molecule has 0 aromatic heterocycles. The Labute approximate surface area is 104 Å². The van der Waals surface area contributed by atoms with Crippen LogP contribution in [0.2, 0.25) is 0 Å². The highest BCUT2D eigenvalue weighted by molar-refractivity contribution is 9.10. The Morgan fingerprint density at radius 3 is 2.56 bits per heavy atom. The molecule has 88 valence electrons. The molecule has 1 aromatic carbocycles. The standard InChI is InChI=1S/C12H15BrO3/c1-7-9(8(2)14)6-10(13)12-11(7)15-4-3-5-16-12/h6,8,14H,3-5H2,1-2H3. The van der Waals surface area contributed by atoms with Gasteiger partial charge in [0.2, 0.25) is 0 Å². The summed E-state index contributed by atoms with van der Waals surface area (Å²) in [6.45, 7) is 5.02. The molecule has 4 heteroatoms. The third kappa shape index (κ3) is 2.04. The molecule has 16 heavy (non-hydrogen) atoms. The number of fused-ring (bicyclic) bond motifs is 1. The van der Waals surface area contributed by atoms with Crippen LogP contribution in [0.1, 0.15) is 30.6 Å². The van der Waals surface area contributed by atoms with Crippen LogP contribution in [-0.2, 0) is 0 Å². The average Bonchev–Trinajstić information content (AvgIpc) is 2.48. The fourth-order valence-electron chi connectivity index (χ4n) is 1.87. The topological polar surface area (TPSA) is 38.7 Å². The SMILES string of the molecule is Cc1c(C(C)O)cc(Br)c2c1OCCCO2. The normalized spacial score (nSPS) is 16.8. The van der Waals surface area contributed by atoms with Crippen LogP contribution in [0.15, 0.2) is 10.5 Å². The van der Waals surface area contributed by atoms with Gasteiger partial charge < -0.3 is 14.6 Å². The Kier molecular flexibility index (Phi) is 3.40. The number of ether oxygens (including phenoxy) is 2. The van der Waals surface area contributed by atoms with Gasteiger partial charge in [0, 0.05) is 12.0 Å². The smallest absolute Gasteiger partial charge is 0.175 e. The molecule has 3 nitrogen and oxygen atoms in total. The van der Waals surface area contributed by atoms with Gasteiger partial charge in [0.05, 0.1) is 23.8 Å². The van der Waals surface area contributed by atoms with Gasteiger partial charge in [-0.15, -0.1) is 0 Å². The zero-order valence-corrected chi connectivity index (χ0v) is 11.0. The van der Waals surface area contributed by atoms with E-state index in [4.69, 9.17) is 9.47 Å². The van der Waals surface area contributed by atoms with E-state index in [0.29, 0.717) is 13.2 Å². The van der Waals surface area contributed by atoms with E-state index < -0.39 is 6.10 Å². The van der Waals surface area contributed by atoms with Gasteiger partial charge in [-0.3, -0.25) is 0 Å². The van der Waals surface area contributed by atoms with Crippen LogP contribution in [0.5, 0.6) is 11.5 Å². The van der Waals surface area contributed by atoms with E-state index in [1.165, 1.54) is 0 Å². The van der Waals surface area contributed by atoms with Crippen LogP contribution in [0.25, 0.3) is 0 Å². The van der Waals surface area contributed by atoms with Crippen molar-refractivity contribution in [1.82, 2.24) is 0 Å². The van der Waals surface area contributed by atoms with Crippen molar-refractivity contribution < 1.29 is 14.6 Å². The number of hydrogen-bond acceptors (Lipinski definition) is 3. The lowest BCUT2D eigenvalue weighted by Crippen LogP contribution is -2.01. The minimum Gasteiger partial charge on any atom is -0.489 e. The van der Waals surface area contributed by atoms with E-state index in [-0.39, 0.29) is 0 Å². The average molecular weight is 287 g/mol. The van der Waals surface area contributed by atoms with Gasteiger partial charge in [0.25, 0.3) is 0 Å². The van der Waals surface area contributed by atoms with Crippen molar-refractivity contribution in [2.24, 2.45) is 0 Å². The second kappa shape index (κ2) is 4.63. The van der Waals surface area contributed by atoms with Crippen LogP contribution < -0.4 is 9.47 Å². The molecule has 1 atom stereocenters. The predicted molar refractivity (Wildman–Crippen MR) is 65.1 cm³/mol. The molecule has 1 aliphatic rings. The lowest BCUT2D eigenvalue weighted by molar-refractivity contribution is 0.197. The quantitative estimate of drug-likeness (QED) is 0.863. The minimum atomic E-state index is -0.506. The molecule has 0 aliphatic carbocycles. The van der Waals surface area contributed by atoms with Gasteiger partial charge in [-0.2, -0.15) is 0 Å². The molecule has 1 aromatic rings. The van der Waals surface area contributed by atoms with Gasteiger partial charge >= 0.3 is 0 Å². The molecule has 1 heterocycles. The van der Waals surface area contributed by atoms with E-state index in [0.717, 1.165) is 33.5 Å². The number of benzene rings is 1. The Hall–Kier alpha value is -0.740. The van der Waals surface area contributed by atoms with Gasteiger partial charge in [-0.1, -0.05) is 0 Å². The Balaban J connectivity index is 2.56. The van der Waals surface area contributed by atoms with Crippen LogP contribution >= 0.6 is 15.9 Å². The van der Waals surface area contributed by atoms with Crippen molar-refractivity contribution in [3.05, 3.63) is 21.7 Å². The maximum atomic E-state index is 9.68. The highest BCUT2D eigenvalue weighted by Gasteiger charge is 2.20. The monoisotopic (exact) mass is 286 g/mol. The van der Waals surface area contributed by atoms with E-state index in [1.807, 2.05) is 13.0 Å². The first kappa shape index (κ1) is 11.7. The lowest BCUT2D eigenvalue weighted by Gasteiger charge is -2.17. The van der Waals surface area contributed by atoms with Gasteiger partial charge in [-0.25, -0.2) is 0 Å². The summed E-state index contributed by atoms with van der Waals surface area (Å²) >= 11 is 3.45. The highest BCUT2D eigenvalue weighted by Crippen LogP contribution is 2.42. The third-order valence-corrected chi connectivity index (χ3v) is 3.30. The molecule has 1 unspecified atom stereocenters. The van der Waals surface area contributed by atoms with Crippen molar-refractivity contribution >= 4 is 15.9 Å². The maximum Gasteiger partial charge on any atom is 0.175 e. The molecule has 0 spiro atoms. The summed E-state index contributed by atoms with van der Waals surface area (Å²) in [6, 6.07) is 1.90. The number of hydrogen-bond donors (Lipinski definition) is 1. The molecular weight excluding hydrogens is 272 g/mol. The molecule has 0 radical (unpaired) electrons. The lowest BCUT2D eigenvalue weighted by atomic mass is 10.0. The number of rotatable bonds is 1. The summed E-state index contributed by atoms with van der Waals surface area (Å²) in [5, 5.41) is 9.68. The van der Waals surface area contributed by atoms with Gasteiger partial charge in [0.15, 0.2) is 11.5 Å². The largest absolute Gasteiger partial charge is 0.489 e. The van der Waals surface area contributed by atoms with Crippen molar-refractivity contribution in [2.45, 2.75) is 26.4 Å². The Morgan fingerprint density at radius 1 is 1.31 bits per heavy atom. The van der Waals surface area contributed by atoms with Crippen molar-refractivity contribution in [3.63, 3.8) is 0 Å². The molecule has 2 rings (SSSR count). The zero-order chi connectivity index (χ0) is 11.7. The number of aliphatic hydroxyl groups is 1. The van der Waals surface area contributed by atoms with E-state index in [1.54, 1.807) is 6.92 Å². The molecule has 0 amide bonds. The van der Waals surface area contributed by atoms with Crippen LogP contribution in [0.4, 0.5) is 0 Å². The molecule has 0 bridgehead atoms. The van der Waals surface area contributed by atoms with E-state index in [2.05, 4.69) is 15.9 Å². The summed E-state index contributed by atoms with van der Waals surface area (Å²) < 4.78 is 12.2. The molecule has 0 saturated heterocycles. The highest BCUT2D eigenvalue weighted by atomic mass is 79.9. The molecule has 1 N–H and O–H groups in total. The fraction of sp³-hybridized carbons (Fsp3) is 0.500. The first-order chi connectivity index (χ1) is 7.61. The predicted octanol–water partition coefficient (Wildman–Crippen LogP) is 2.97. The summed E-state index contributed by atoms with van der Waals surface area (Å²) in [5.74, 6) is 1.50. The second-order valence-corrected chi connectivity index (χ2v) is 4.81. The number of halogens is 1. The fourth-order valence-corrected chi connectivity index (χ4v) is 2.41. The van der Waals surface area contributed by atoms with Gasteiger partial charge in [-0.05, 0) is 41.4 Å². The molecule has 0 fully saturated rings. The van der Waals surface area contributed by atoms with Crippen LogP contribution in [0.3, 0.4) is 0 Å². The maximum absolute atomic E-state index is 9.68. The summed E-state index contributed by atoms with van der Waals surface area (Å²) in [4.78, 5) is 0. The Bertz CT molecular complexity index is 402. The third-order valence-electron chi connectivity index (χ3n) is 2.71. The number of aliphatic hydroxyl groups excluding tert-OH is 1. The first-order valence-electron chi connectivity index (χ1n) is 5.38. The molecular formula is C12H15BrO3. The van der Waals surface area contributed by atoms with Crippen LogP contribution in [0, 0.1) is 6.92 Å². The van der Waals surface area contributed by atoms with Crippen LogP contribution in [-0.4, -0.2) is 18.3 Å². The van der Waals surface area contributed by atoms with E-state index in [9.17, 15) is 5.11 Å². The molecule has 1 aliphatic heterocycles. The van der Waals surface area contributed by atoms with Crippen molar-refractivity contribution in [3.8, 4) is 11.5 Å². The van der Waals surface area contributed by atoms with Crippen molar-refractivity contribution in [2.75, 3.05) is 13.2 Å². The van der Waals surface area contributed by atoms with Gasteiger partial charge in [0.1, 0.15) is 0 Å². The zero-order valence-electron chi connectivity index (χ0n) is 9.42. The van der Waals surface area contributed by atoms with Crippen molar-refractivity contribution in [1.29, 1.82) is 0 Å². The summed E-state index contributed by atoms with van der Waals surface area (Å²) in [6.07, 6.45) is 0.373. The molecule has 0 saturated carbocycles. The Morgan fingerprint density at radius 2 is 1.94 bits per heavy atom. The van der Waals surface area contributed by atoms with E-state index >= 15 is 0 Å². The first-order valence-corrected chi connectivity index (χ1v) is 6.17. The summed E-state index contributed by atoms with van der Waals surface area (Å²) in [7, 11) is 0. The minimum absolute atomic E-state index is 0.506.